The van der Waals surface area contributed by atoms with E-state index in [0.29, 0.717) is 30.2 Å². The van der Waals surface area contributed by atoms with Crippen molar-refractivity contribution in [3.63, 3.8) is 0 Å². The van der Waals surface area contributed by atoms with Gasteiger partial charge >= 0.3 is 0 Å². The third-order valence-corrected chi connectivity index (χ3v) is 3.49. The molecule has 0 bridgehead atoms. The number of carbonyl (C=O) groups excluding carboxylic acids is 1. The lowest BCUT2D eigenvalue weighted by Gasteiger charge is -2.39. The molecule has 2 atom stereocenters. The van der Waals surface area contributed by atoms with Crippen LogP contribution < -0.4 is 5.32 Å². The van der Waals surface area contributed by atoms with Crippen molar-refractivity contribution in [2.24, 2.45) is 11.8 Å². The van der Waals surface area contributed by atoms with E-state index in [4.69, 9.17) is 0 Å². The molecule has 1 N–H and O–H groups in total. The third kappa shape index (κ3) is 3.20. The van der Waals surface area contributed by atoms with Gasteiger partial charge in [0.15, 0.2) is 0 Å². The minimum atomic E-state index is 0.292. The van der Waals surface area contributed by atoms with E-state index >= 15 is 0 Å². The van der Waals surface area contributed by atoms with E-state index in [1.54, 1.807) is 0 Å². The summed E-state index contributed by atoms with van der Waals surface area (Å²) in [6.07, 6.45) is 1.82. The molecular weight excluding hydrogens is 188 g/mol. The zero-order chi connectivity index (χ0) is 11.4. The van der Waals surface area contributed by atoms with Crippen LogP contribution in [0.4, 0.5) is 0 Å². The Kier molecular flexibility index (Phi) is 4.58. The van der Waals surface area contributed by atoms with Gasteiger partial charge < -0.3 is 10.2 Å². The summed E-state index contributed by atoms with van der Waals surface area (Å²) >= 11 is 0. The van der Waals surface area contributed by atoms with Gasteiger partial charge in [-0.3, -0.25) is 4.79 Å². The normalized spacial score (nSPS) is 27.1. The van der Waals surface area contributed by atoms with Crippen molar-refractivity contribution in [1.29, 1.82) is 0 Å². The van der Waals surface area contributed by atoms with E-state index in [2.05, 4.69) is 19.2 Å². The van der Waals surface area contributed by atoms with Gasteiger partial charge in [0.1, 0.15) is 0 Å². The molecule has 0 aromatic heterocycles. The van der Waals surface area contributed by atoms with E-state index in [1.807, 2.05) is 18.9 Å². The molecule has 0 saturated carbocycles. The van der Waals surface area contributed by atoms with E-state index < -0.39 is 0 Å². The fourth-order valence-corrected chi connectivity index (χ4v) is 2.26. The second-order valence-corrected chi connectivity index (χ2v) is 4.88. The van der Waals surface area contributed by atoms with Gasteiger partial charge in [-0.1, -0.05) is 20.8 Å². The monoisotopic (exact) mass is 212 g/mol. The Morgan fingerprint density at radius 3 is 2.60 bits per heavy atom. The van der Waals surface area contributed by atoms with Crippen LogP contribution in [0.15, 0.2) is 0 Å². The van der Waals surface area contributed by atoms with Crippen molar-refractivity contribution in [3.8, 4) is 0 Å². The fourth-order valence-electron chi connectivity index (χ4n) is 2.26. The lowest BCUT2D eigenvalue weighted by atomic mass is 9.85. The maximum Gasteiger partial charge on any atom is 0.222 e. The van der Waals surface area contributed by atoms with Crippen molar-refractivity contribution < 1.29 is 4.79 Å². The van der Waals surface area contributed by atoms with Crippen LogP contribution in [0.1, 0.15) is 33.6 Å². The molecule has 1 aliphatic rings. The Labute approximate surface area is 93.2 Å². The molecule has 1 rings (SSSR count). The first-order valence-electron chi connectivity index (χ1n) is 6.03. The summed E-state index contributed by atoms with van der Waals surface area (Å²) in [6.45, 7) is 8.26. The molecule has 0 spiro atoms. The molecule has 1 amide bonds. The van der Waals surface area contributed by atoms with Crippen LogP contribution in [-0.2, 0) is 4.79 Å². The summed E-state index contributed by atoms with van der Waals surface area (Å²) in [4.78, 5) is 13.7. The molecule has 0 aromatic carbocycles. The average Bonchev–Trinajstić information content (AvgIpc) is 2.27. The Balaban J connectivity index is 2.62. The highest BCUT2D eigenvalue weighted by atomic mass is 16.2. The van der Waals surface area contributed by atoms with Gasteiger partial charge in [0.2, 0.25) is 5.91 Å². The van der Waals surface area contributed by atoms with Gasteiger partial charge in [0, 0.05) is 25.6 Å². The minimum absolute atomic E-state index is 0.292. The van der Waals surface area contributed by atoms with Crippen LogP contribution in [-0.4, -0.2) is 37.0 Å². The predicted octanol–water partition coefficient (Wildman–Crippen LogP) is 1.49. The molecule has 0 aromatic rings. The van der Waals surface area contributed by atoms with Crippen molar-refractivity contribution in [2.45, 2.75) is 39.7 Å². The van der Waals surface area contributed by atoms with Gasteiger partial charge in [0.25, 0.3) is 0 Å². The number of hydrogen-bond acceptors (Lipinski definition) is 2. The molecule has 1 aliphatic heterocycles. The third-order valence-electron chi connectivity index (χ3n) is 3.49. The smallest absolute Gasteiger partial charge is 0.222 e. The topological polar surface area (TPSA) is 32.3 Å². The Morgan fingerprint density at radius 1 is 1.47 bits per heavy atom. The number of piperidine rings is 1. The van der Waals surface area contributed by atoms with Gasteiger partial charge in [0.05, 0.1) is 0 Å². The van der Waals surface area contributed by atoms with Crippen LogP contribution in [0.2, 0.25) is 0 Å². The molecular formula is C12H24N2O. The van der Waals surface area contributed by atoms with E-state index in [0.717, 1.165) is 13.1 Å². The minimum Gasteiger partial charge on any atom is -0.341 e. The van der Waals surface area contributed by atoms with Crippen LogP contribution in [0.5, 0.6) is 0 Å². The first kappa shape index (κ1) is 12.5. The summed E-state index contributed by atoms with van der Waals surface area (Å²) in [5.41, 5.74) is 0. The Hall–Kier alpha value is -0.570. The van der Waals surface area contributed by atoms with Gasteiger partial charge in [-0.05, 0) is 25.3 Å². The summed E-state index contributed by atoms with van der Waals surface area (Å²) < 4.78 is 0. The number of hydrogen-bond donors (Lipinski definition) is 1. The zero-order valence-corrected chi connectivity index (χ0v) is 10.4. The Bertz CT molecular complexity index is 216. The number of amides is 1. The molecule has 1 saturated heterocycles. The maximum absolute atomic E-state index is 11.7. The van der Waals surface area contributed by atoms with Gasteiger partial charge in [-0.25, -0.2) is 0 Å². The first-order valence-corrected chi connectivity index (χ1v) is 6.03. The maximum atomic E-state index is 11.7. The van der Waals surface area contributed by atoms with E-state index in [9.17, 15) is 4.79 Å². The molecule has 88 valence electrons. The standard InChI is InChI=1S/C12H24N2O/c1-5-12(15)14-7-10(9(2)3)6-11(8-14)13-4/h9-11,13H,5-8H2,1-4H3. The quantitative estimate of drug-likeness (QED) is 0.768. The van der Waals surface area contributed by atoms with Crippen LogP contribution >= 0.6 is 0 Å². The number of carbonyl (C=O) groups is 1. The molecule has 0 radical (unpaired) electrons. The SMILES string of the molecule is CCC(=O)N1CC(NC)CC(C(C)C)C1. The van der Waals surface area contributed by atoms with Gasteiger partial charge in [-0.15, -0.1) is 0 Å². The molecule has 1 fully saturated rings. The highest BCUT2D eigenvalue weighted by Crippen LogP contribution is 2.24. The number of rotatable bonds is 3. The number of likely N-dealkylation sites (tertiary alicyclic amines) is 1. The van der Waals surface area contributed by atoms with Crippen LogP contribution in [0.3, 0.4) is 0 Å². The summed E-state index contributed by atoms with van der Waals surface area (Å²) in [6, 6.07) is 0.474. The lowest BCUT2D eigenvalue weighted by molar-refractivity contribution is -0.133. The number of nitrogens with one attached hydrogen (secondary N) is 1. The largest absolute Gasteiger partial charge is 0.341 e. The number of likely N-dealkylation sites (N-methyl/N-ethyl adjacent to an activating group) is 1. The predicted molar refractivity (Wildman–Crippen MR) is 62.7 cm³/mol. The molecule has 0 aliphatic carbocycles. The van der Waals surface area contributed by atoms with Crippen molar-refractivity contribution in [1.82, 2.24) is 10.2 Å². The van der Waals surface area contributed by atoms with Crippen molar-refractivity contribution in [2.75, 3.05) is 20.1 Å². The highest BCUT2D eigenvalue weighted by molar-refractivity contribution is 5.76. The average molecular weight is 212 g/mol. The van der Waals surface area contributed by atoms with E-state index in [-0.39, 0.29) is 0 Å². The van der Waals surface area contributed by atoms with Crippen LogP contribution in [0, 0.1) is 11.8 Å². The molecule has 1 heterocycles. The van der Waals surface area contributed by atoms with Crippen molar-refractivity contribution in [3.05, 3.63) is 0 Å². The lowest BCUT2D eigenvalue weighted by Crippen LogP contribution is -2.51. The molecule has 3 heteroatoms. The molecule has 2 unspecified atom stereocenters. The first-order chi connectivity index (χ1) is 7.08. The van der Waals surface area contributed by atoms with Crippen molar-refractivity contribution >= 4 is 5.91 Å². The fraction of sp³-hybridized carbons (Fsp3) is 0.917. The summed E-state index contributed by atoms with van der Waals surface area (Å²) in [5, 5.41) is 3.30. The summed E-state index contributed by atoms with van der Waals surface area (Å²) in [5.74, 6) is 1.60. The van der Waals surface area contributed by atoms with E-state index in [1.165, 1.54) is 6.42 Å². The second kappa shape index (κ2) is 5.50. The number of nitrogens with zero attached hydrogens (tertiary/aromatic N) is 1. The molecule has 3 nitrogen and oxygen atoms in total. The van der Waals surface area contributed by atoms with Gasteiger partial charge in [-0.2, -0.15) is 0 Å². The molecule has 15 heavy (non-hydrogen) atoms. The second-order valence-electron chi connectivity index (χ2n) is 4.88. The van der Waals surface area contributed by atoms with Crippen LogP contribution in [0.25, 0.3) is 0 Å². The summed E-state index contributed by atoms with van der Waals surface area (Å²) in [7, 11) is 1.99. The Morgan fingerprint density at radius 2 is 2.13 bits per heavy atom. The highest BCUT2D eigenvalue weighted by Gasteiger charge is 2.29. The zero-order valence-electron chi connectivity index (χ0n) is 10.4.